The minimum Gasteiger partial charge on any atom is -0.444 e. The molecule has 184 valence electrons. The smallest absolute Gasteiger partial charge is 0.407 e. The molecular weight excluding hydrogens is 446 g/mol. The summed E-state index contributed by atoms with van der Waals surface area (Å²) in [6, 6.07) is 7.06. The average molecular weight is 482 g/mol. The van der Waals surface area contributed by atoms with Crippen LogP contribution in [0.25, 0.3) is 0 Å². The summed E-state index contributed by atoms with van der Waals surface area (Å²) in [6.07, 6.45) is 2.16. The number of nitrogens with zero attached hydrogens (tertiary/aromatic N) is 2. The van der Waals surface area contributed by atoms with Crippen LogP contribution in [0.3, 0.4) is 0 Å². The number of hydrogen-bond donors (Lipinski definition) is 1. The third kappa shape index (κ3) is 5.79. The van der Waals surface area contributed by atoms with Gasteiger partial charge < -0.3 is 24.4 Å². The number of benzene rings is 1. The summed E-state index contributed by atoms with van der Waals surface area (Å²) < 4.78 is 45.0. The van der Waals surface area contributed by atoms with Gasteiger partial charge in [-0.2, -0.15) is 4.31 Å². The molecule has 3 fully saturated rings. The highest BCUT2D eigenvalue weighted by Crippen LogP contribution is 2.34. The van der Waals surface area contributed by atoms with Crippen LogP contribution in [0.4, 0.5) is 10.5 Å². The molecule has 0 unspecified atom stereocenters. The van der Waals surface area contributed by atoms with E-state index in [2.05, 4.69) is 10.2 Å². The third-order valence-corrected chi connectivity index (χ3v) is 8.23. The largest absolute Gasteiger partial charge is 0.444 e. The molecule has 1 aromatic rings. The summed E-state index contributed by atoms with van der Waals surface area (Å²) in [7, 11) is -3.61. The highest BCUT2D eigenvalue weighted by atomic mass is 32.2. The van der Waals surface area contributed by atoms with Crippen LogP contribution >= 0.6 is 0 Å². The number of hydrogen-bond acceptors (Lipinski definition) is 7. The van der Waals surface area contributed by atoms with Crippen LogP contribution in [-0.4, -0.2) is 75.6 Å². The zero-order valence-electron chi connectivity index (χ0n) is 19.7. The first kappa shape index (κ1) is 24.3. The molecule has 9 nitrogen and oxygen atoms in total. The number of anilines is 1. The molecule has 0 aliphatic carbocycles. The Morgan fingerprint density at radius 1 is 1.09 bits per heavy atom. The second-order valence-corrected chi connectivity index (χ2v) is 11.9. The molecule has 3 aliphatic rings. The minimum atomic E-state index is -3.61. The van der Waals surface area contributed by atoms with Crippen LogP contribution in [0.2, 0.25) is 0 Å². The van der Waals surface area contributed by atoms with Gasteiger partial charge in [-0.25, -0.2) is 13.2 Å². The van der Waals surface area contributed by atoms with E-state index in [1.54, 1.807) is 18.2 Å². The van der Waals surface area contributed by atoms with Crippen LogP contribution in [0.15, 0.2) is 29.2 Å². The lowest BCUT2D eigenvalue weighted by atomic mass is 10.0. The van der Waals surface area contributed by atoms with Gasteiger partial charge in [-0.05, 0) is 51.8 Å². The minimum absolute atomic E-state index is 0.0988. The Hall–Kier alpha value is -1.88. The molecule has 3 heterocycles. The first-order valence-corrected chi connectivity index (χ1v) is 13.1. The van der Waals surface area contributed by atoms with Gasteiger partial charge in [0.2, 0.25) is 10.0 Å². The molecule has 0 bridgehead atoms. The van der Waals surface area contributed by atoms with E-state index in [0.29, 0.717) is 44.0 Å². The number of piperidine rings is 2. The standard InChI is InChI=1S/C23H35N3O6S/c1-22(2,3)32-21(27)24-18-7-11-26(12-8-18)33(28,29)20-6-4-5-19(17-20)25-13-9-23(10-14-25)30-15-16-31-23/h4-6,17-18H,7-16H2,1-3H3,(H,24,27). The second-order valence-electron chi connectivity index (χ2n) is 9.92. The molecule has 1 amide bonds. The van der Waals surface area contributed by atoms with E-state index in [4.69, 9.17) is 14.2 Å². The van der Waals surface area contributed by atoms with Gasteiger partial charge in [0, 0.05) is 50.7 Å². The van der Waals surface area contributed by atoms with E-state index < -0.39 is 27.5 Å². The van der Waals surface area contributed by atoms with Crippen molar-refractivity contribution in [3.8, 4) is 0 Å². The van der Waals surface area contributed by atoms with Crippen molar-refractivity contribution in [3.05, 3.63) is 24.3 Å². The predicted octanol–water partition coefficient (Wildman–Crippen LogP) is 2.71. The van der Waals surface area contributed by atoms with Gasteiger partial charge in [0.15, 0.2) is 5.79 Å². The Labute approximate surface area is 196 Å². The first-order chi connectivity index (χ1) is 15.6. The summed E-state index contributed by atoms with van der Waals surface area (Å²) in [4.78, 5) is 14.5. The molecule has 0 saturated carbocycles. The Morgan fingerprint density at radius 2 is 1.73 bits per heavy atom. The maximum Gasteiger partial charge on any atom is 0.407 e. The van der Waals surface area contributed by atoms with Crippen molar-refractivity contribution in [2.24, 2.45) is 0 Å². The molecule has 10 heteroatoms. The Balaban J connectivity index is 1.35. The molecule has 3 saturated heterocycles. The quantitative estimate of drug-likeness (QED) is 0.706. The zero-order chi connectivity index (χ0) is 23.7. The molecule has 0 atom stereocenters. The van der Waals surface area contributed by atoms with Crippen molar-refractivity contribution < 1.29 is 27.4 Å². The van der Waals surface area contributed by atoms with Crippen molar-refractivity contribution in [3.63, 3.8) is 0 Å². The van der Waals surface area contributed by atoms with Crippen LogP contribution in [0.1, 0.15) is 46.5 Å². The topological polar surface area (TPSA) is 97.4 Å². The van der Waals surface area contributed by atoms with E-state index in [0.717, 1.165) is 31.6 Å². The lowest BCUT2D eigenvalue weighted by molar-refractivity contribution is -0.169. The second kappa shape index (κ2) is 9.40. The van der Waals surface area contributed by atoms with Gasteiger partial charge in [0.25, 0.3) is 0 Å². The number of sulfonamides is 1. The monoisotopic (exact) mass is 481 g/mol. The molecular formula is C23H35N3O6S. The van der Waals surface area contributed by atoms with E-state index in [9.17, 15) is 13.2 Å². The summed E-state index contributed by atoms with van der Waals surface area (Å²) in [5.41, 5.74) is 0.330. The summed E-state index contributed by atoms with van der Waals surface area (Å²) in [6.45, 7) is 8.93. The molecule has 1 aromatic carbocycles. The maximum absolute atomic E-state index is 13.3. The van der Waals surface area contributed by atoms with Crippen molar-refractivity contribution in [2.75, 3.05) is 44.3 Å². The fraction of sp³-hybridized carbons (Fsp3) is 0.696. The Kier molecular flexibility index (Phi) is 6.91. The van der Waals surface area contributed by atoms with Gasteiger partial charge in [0.1, 0.15) is 5.60 Å². The fourth-order valence-electron chi connectivity index (χ4n) is 4.60. The van der Waals surface area contributed by atoms with Gasteiger partial charge in [0.05, 0.1) is 18.1 Å². The van der Waals surface area contributed by atoms with Crippen LogP contribution in [0, 0.1) is 0 Å². The summed E-state index contributed by atoms with van der Waals surface area (Å²) in [5.74, 6) is -0.460. The van der Waals surface area contributed by atoms with Crippen molar-refractivity contribution >= 4 is 21.8 Å². The molecule has 4 rings (SSSR count). The van der Waals surface area contributed by atoms with Crippen molar-refractivity contribution in [2.45, 2.75) is 68.8 Å². The number of amides is 1. The van der Waals surface area contributed by atoms with E-state index in [-0.39, 0.29) is 6.04 Å². The van der Waals surface area contributed by atoms with Crippen LogP contribution in [-0.2, 0) is 24.2 Å². The number of nitrogens with one attached hydrogen (secondary N) is 1. The normalized spacial score (nSPS) is 22.5. The molecule has 1 N–H and O–H groups in total. The number of alkyl carbamates (subject to hydrolysis) is 1. The van der Waals surface area contributed by atoms with Crippen molar-refractivity contribution in [1.82, 2.24) is 9.62 Å². The highest BCUT2D eigenvalue weighted by Gasteiger charge is 2.40. The molecule has 3 aliphatic heterocycles. The first-order valence-electron chi connectivity index (χ1n) is 11.7. The molecule has 0 aromatic heterocycles. The molecule has 0 radical (unpaired) electrons. The summed E-state index contributed by atoms with van der Waals surface area (Å²) in [5, 5.41) is 2.85. The van der Waals surface area contributed by atoms with E-state index >= 15 is 0 Å². The van der Waals surface area contributed by atoms with Gasteiger partial charge in [-0.1, -0.05) is 6.07 Å². The lowest BCUT2D eigenvalue weighted by Crippen LogP contribution is -2.47. The number of rotatable bonds is 4. The van der Waals surface area contributed by atoms with Crippen LogP contribution < -0.4 is 10.2 Å². The van der Waals surface area contributed by atoms with Gasteiger partial charge in [-0.15, -0.1) is 0 Å². The highest BCUT2D eigenvalue weighted by molar-refractivity contribution is 7.89. The number of ether oxygens (including phenoxy) is 3. The van der Waals surface area contributed by atoms with Gasteiger partial charge >= 0.3 is 6.09 Å². The Morgan fingerprint density at radius 3 is 2.33 bits per heavy atom. The lowest BCUT2D eigenvalue weighted by Gasteiger charge is -2.39. The van der Waals surface area contributed by atoms with Gasteiger partial charge in [-0.3, -0.25) is 0 Å². The predicted molar refractivity (Wildman–Crippen MR) is 124 cm³/mol. The number of carbonyl (C=O) groups is 1. The molecule has 1 spiro atoms. The van der Waals surface area contributed by atoms with E-state index in [1.807, 2.05) is 26.8 Å². The fourth-order valence-corrected chi connectivity index (χ4v) is 6.11. The van der Waals surface area contributed by atoms with E-state index in [1.165, 1.54) is 4.31 Å². The van der Waals surface area contributed by atoms with Crippen molar-refractivity contribution in [1.29, 1.82) is 0 Å². The van der Waals surface area contributed by atoms with Crippen LogP contribution in [0.5, 0.6) is 0 Å². The Bertz CT molecular complexity index is 937. The SMILES string of the molecule is CC(C)(C)OC(=O)NC1CCN(S(=O)(=O)c2cccc(N3CCC4(CC3)OCCO4)c2)CC1. The maximum atomic E-state index is 13.3. The third-order valence-electron chi connectivity index (χ3n) is 6.33. The zero-order valence-corrected chi connectivity index (χ0v) is 20.5. The average Bonchev–Trinajstić information content (AvgIpc) is 3.21. The summed E-state index contributed by atoms with van der Waals surface area (Å²) >= 11 is 0. The molecule has 33 heavy (non-hydrogen) atoms. The number of carbonyl (C=O) groups excluding carboxylic acids is 1.